The number of anilines is 2. The highest BCUT2D eigenvalue weighted by Gasteiger charge is 2.27. The summed E-state index contributed by atoms with van der Waals surface area (Å²) in [5.41, 5.74) is 6.58. The van der Waals surface area contributed by atoms with E-state index in [9.17, 15) is 4.79 Å². The minimum absolute atomic E-state index is 0.0627. The SMILES string of the molecule is O=C(c1ccc(Nc2cc(-c3ccccc3)nc3cc(C4CC4)nn23)cc1)N1CCN(Cc2ccccc2Cl)CC1. The summed E-state index contributed by atoms with van der Waals surface area (Å²) in [4.78, 5) is 22.5. The zero-order valence-corrected chi connectivity index (χ0v) is 23.5. The largest absolute Gasteiger partial charge is 0.340 e. The van der Waals surface area contributed by atoms with Crippen LogP contribution in [0.3, 0.4) is 0 Å². The number of nitrogens with zero attached hydrogens (tertiary/aromatic N) is 5. The average molecular weight is 563 g/mol. The van der Waals surface area contributed by atoms with Gasteiger partial charge < -0.3 is 10.2 Å². The fourth-order valence-electron chi connectivity index (χ4n) is 5.42. The van der Waals surface area contributed by atoms with Crippen LogP contribution in [0.25, 0.3) is 16.9 Å². The number of benzene rings is 3. The molecule has 41 heavy (non-hydrogen) atoms. The van der Waals surface area contributed by atoms with Crippen LogP contribution in [0.5, 0.6) is 0 Å². The van der Waals surface area contributed by atoms with Crippen LogP contribution in [-0.4, -0.2) is 56.5 Å². The minimum Gasteiger partial charge on any atom is -0.340 e. The first-order valence-electron chi connectivity index (χ1n) is 14.2. The van der Waals surface area contributed by atoms with Crippen LogP contribution in [0.15, 0.2) is 91.0 Å². The molecule has 5 aromatic rings. The summed E-state index contributed by atoms with van der Waals surface area (Å²) in [6, 6.07) is 30.0. The molecule has 0 bridgehead atoms. The van der Waals surface area contributed by atoms with Crippen molar-refractivity contribution in [2.24, 2.45) is 0 Å². The van der Waals surface area contributed by atoms with Crippen molar-refractivity contribution < 1.29 is 4.79 Å². The van der Waals surface area contributed by atoms with Crippen LogP contribution in [0.1, 0.15) is 40.4 Å². The van der Waals surface area contributed by atoms with Crippen molar-refractivity contribution >= 4 is 34.7 Å². The summed E-state index contributed by atoms with van der Waals surface area (Å²) in [7, 11) is 0. The van der Waals surface area contributed by atoms with E-state index in [1.165, 1.54) is 12.8 Å². The number of carbonyl (C=O) groups excluding carboxylic acids is 1. The van der Waals surface area contributed by atoms with Crippen LogP contribution >= 0.6 is 11.6 Å². The highest BCUT2D eigenvalue weighted by atomic mass is 35.5. The summed E-state index contributed by atoms with van der Waals surface area (Å²) in [6.45, 7) is 3.84. The molecule has 8 heteroatoms. The predicted molar refractivity (Wildman–Crippen MR) is 163 cm³/mol. The number of rotatable bonds is 7. The Hall–Kier alpha value is -4.20. The molecule has 2 fully saturated rings. The second-order valence-corrected chi connectivity index (χ2v) is 11.3. The molecule has 0 unspecified atom stereocenters. The molecule has 0 spiro atoms. The number of nitrogens with one attached hydrogen (secondary N) is 1. The second-order valence-electron chi connectivity index (χ2n) is 10.9. The zero-order valence-electron chi connectivity index (χ0n) is 22.7. The van der Waals surface area contributed by atoms with E-state index in [1.54, 1.807) is 0 Å². The highest BCUT2D eigenvalue weighted by molar-refractivity contribution is 6.31. The van der Waals surface area contributed by atoms with E-state index in [0.717, 1.165) is 64.3 Å². The Morgan fingerprint density at radius 3 is 2.34 bits per heavy atom. The van der Waals surface area contributed by atoms with E-state index < -0.39 is 0 Å². The van der Waals surface area contributed by atoms with Crippen LogP contribution in [0, 0.1) is 0 Å². The van der Waals surface area contributed by atoms with Crippen molar-refractivity contribution in [3.8, 4) is 11.3 Å². The lowest BCUT2D eigenvalue weighted by Gasteiger charge is -2.35. The average Bonchev–Trinajstić information content (AvgIpc) is 3.77. The molecule has 1 amide bonds. The van der Waals surface area contributed by atoms with E-state index in [4.69, 9.17) is 21.7 Å². The summed E-state index contributed by atoms with van der Waals surface area (Å²) in [5.74, 6) is 1.44. The fourth-order valence-corrected chi connectivity index (χ4v) is 5.62. The molecule has 1 aliphatic heterocycles. The summed E-state index contributed by atoms with van der Waals surface area (Å²) in [5, 5.41) is 9.19. The second kappa shape index (κ2) is 11.0. The number of hydrogen-bond donors (Lipinski definition) is 1. The monoisotopic (exact) mass is 562 g/mol. The number of amides is 1. The van der Waals surface area contributed by atoms with Crippen molar-refractivity contribution in [3.63, 3.8) is 0 Å². The lowest BCUT2D eigenvalue weighted by atomic mass is 10.1. The molecule has 1 saturated heterocycles. The molecular formula is C33H31ClN6O. The van der Waals surface area contributed by atoms with Crippen LogP contribution in [-0.2, 0) is 6.54 Å². The zero-order chi connectivity index (χ0) is 27.8. The van der Waals surface area contributed by atoms with Gasteiger partial charge in [-0.25, -0.2) is 4.98 Å². The van der Waals surface area contributed by atoms with Crippen LogP contribution in [0.4, 0.5) is 11.5 Å². The van der Waals surface area contributed by atoms with E-state index >= 15 is 0 Å². The Morgan fingerprint density at radius 2 is 1.61 bits per heavy atom. The van der Waals surface area contributed by atoms with Crippen molar-refractivity contribution in [3.05, 3.63) is 113 Å². The Kier molecular flexibility index (Phi) is 6.90. The van der Waals surface area contributed by atoms with Gasteiger partial charge in [-0.15, -0.1) is 0 Å². The molecule has 7 nitrogen and oxygen atoms in total. The summed E-state index contributed by atoms with van der Waals surface area (Å²) < 4.78 is 1.89. The molecule has 206 valence electrons. The molecule has 0 atom stereocenters. The molecule has 1 N–H and O–H groups in total. The normalized spacial score (nSPS) is 15.8. The van der Waals surface area contributed by atoms with Crippen LogP contribution < -0.4 is 5.32 Å². The van der Waals surface area contributed by atoms with Crippen molar-refractivity contribution in [1.29, 1.82) is 0 Å². The molecule has 1 aliphatic carbocycles. The van der Waals surface area contributed by atoms with Gasteiger partial charge in [0.15, 0.2) is 5.65 Å². The van der Waals surface area contributed by atoms with E-state index in [-0.39, 0.29) is 5.91 Å². The highest BCUT2D eigenvalue weighted by Crippen LogP contribution is 2.40. The molecule has 2 aliphatic rings. The van der Waals surface area contributed by atoms with Gasteiger partial charge in [-0.1, -0.05) is 60.1 Å². The van der Waals surface area contributed by atoms with Gasteiger partial charge in [-0.05, 0) is 48.7 Å². The summed E-state index contributed by atoms with van der Waals surface area (Å²) >= 11 is 6.34. The Labute approximate surface area is 244 Å². The maximum Gasteiger partial charge on any atom is 0.253 e. The third-order valence-electron chi connectivity index (χ3n) is 7.93. The van der Waals surface area contributed by atoms with Gasteiger partial charge in [0.2, 0.25) is 0 Å². The van der Waals surface area contributed by atoms with Crippen molar-refractivity contribution in [2.75, 3.05) is 31.5 Å². The van der Waals surface area contributed by atoms with Gasteiger partial charge in [0.25, 0.3) is 5.91 Å². The number of halogens is 1. The number of aromatic nitrogens is 3. The fraction of sp³-hybridized carbons (Fsp3) is 0.242. The third-order valence-corrected chi connectivity index (χ3v) is 8.30. The minimum atomic E-state index is 0.0627. The third kappa shape index (κ3) is 5.56. The van der Waals surface area contributed by atoms with E-state index in [2.05, 4.69) is 34.5 Å². The first-order valence-corrected chi connectivity index (χ1v) is 14.6. The molecule has 0 radical (unpaired) electrons. The molecule has 2 aromatic heterocycles. The maximum atomic E-state index is 13.3. The topological polar surface area (TPSA) is 65.8 Å². The number of piperazine rings is 1. The molecule has 7 rings (SSSR count). The molecule has 1 saturated carbocycles. The van der Waals surface area contributed by atoms with Gasteiger partial charge in [0.1, 0.15) is 5.82 Å². The lowest BCUT2D eigenvalue weighted by molar-refractivity contribution is 0.0628. The van der Waals surface area contributed by atoms with Gasteiger partial charge in [-0.2, -0.15) is 9.61 Å². The van der Waals surface area contributed by atoms with Gasteiger partial charge in [-0.3, -0.25) is 9.69 Å². The Morgan fingerprint density at radius 1 is 0.878 bits per heavy atom. The van der Waals surface area contributed by atoms with E-state index in [0.29, 0.717) is 24.6 Å². The quantitative estimate of drug-likeness (QED) is 0.241. The standard InChI is InChI=1S/C33H31ClN6O/c34-28-9-5-4-8-26(28)22-38-16-18-39(19-17-38)33(41)25-12-14-27(15-13-25)35-31-20-29(23-6-2-1-3-7-23)36-32-21-30(24-10-11-24)37-40(31)32/h1-9,12-15,20-21,24,35H,10-11,16-19,22H2. The first-order chi connectivity index (χ1) is 20.1. The number of fused-ring (bicyclic) bond motifs is 1. The first kappa shape index (κ1) is 25.7. The number of hydrogen-bond acceptors (Lipinski definition) is 5. The predicted octanol–water partition coefficient (Wildman–Crippen LogP) is 6.63. The van der Waals surface area contributed by atoms with Gasteiger partial charge >= 0.3 is 0 Å². The van der Waals surface area contributed by atoms with Gasteiger partial charge in [0.05, 0.1) is 11.4 Å². The van der Waals surface area contributed by atoms with Gasteiger partial charge in [0, 0.05) is 72.6 Å². The molecule has 3 heterocycles. The summed E-state index contributed by atoms with van der Waals surface area (Å²) in [6.07, 6.45) is 2.37. The Bertz CT molecular complexity index is 1690. The van der Waals surface area contributed by atoms with Crippen molar-refractivity contribution in [1.82, 2.24) is 24.4 Å². The molecule has 3 aromatic carbocycles. The smallest absolute Gasteiger partial charge is 0.253 e. The lowest BCUT2D eigenvalue weighted by Crippen LogP contribution is -2.48. The maximum absolute atomic E-state index is 13.3. The van der Waals surface area contributed by atoms with E-state index in [1.807, 2.05) is 76.1 Å². The van der Waals surface area contributed by atoms with Crippen LogP contribution in [0.2, 0.25) is 5.02 Å². The number of carbonyl (C=O) groups is 1. The van der Waals surface area contributed by atoms with Crippen molar-refractivity contribution in [2.45, 2.75) is 25.3 Å². The Balaban J connectivity index is 1.05. The molecular weight excluding hydrogens is 532 g/mol.